The van der Waals surface area contributed by atoms with Gasteiger partial charge in [0.2, 0.25) is 0 Å². The van der Waals surface area contributed by atoms with Gasteiger partial charge < -0.3 is 10.5 Å². The van der Waals surface area contributed by atoms with E-state index >= 15 is 0 Å². The number of nitrogens with two attached hydrogens (primary N) is 1. The van der Waals surface area contributed by atoms with Crippen molar-refractivity contribution in [2.24, 2.45) is 5.73 Å². The first-order valence-corrected chi connectivity index (χ1v) is 6.43. The molecule has 0 fully saturated rings. The highest BCUT2D eigenvalue weighted by atomic mass is 19.1. The van der Waals surface area contributed by atoms with Gasteiger partial charge >= 0.3 is 0 Å². The third-order valence-electron chi connectivity index (χ3n) is 2.94. The predicted octanol–water partition coefficient (Wildman–Crippen LogP) is 3.96. The van der Waals surface area contributed by atoms with Gasteiger partial charge in [0, 0.05) is 12.1 Å². The Morgan fingerprint density at radius 3 is 2.55 bits per heavy atom. The Morgan fingerprint density at radius 1 is 1.15 bits per heavy atom. The standard InChI is InChI=1S/C16H17F2NO/c1-10-3-5-14(9-15(10)18)20-16-6-4-13(17)8-12(16)7-11(2)19/h3-6,8-9,11H,7,19H2,1-2H3. The first-order valence-electron chi connectivity index (χ1n) is 6.43. The maximum Gasteiger partial charge on any atom is 0.130 e. The SMILES string of the molecule is Cc1ccc(Oc2ccc(F)cc2CC(C)N)cc1F. The molecule has 0 aliphatic carbocycles. The second-order valence-electron chi connectivity index (χ2n) is 4.95. The molecule has 2 nitrogen and oxygen atoms in total. The van der Waals surface area contributed by atoms with E-state index in [1.807, 2.05) is 6.92 Å². The number of benzene rings is 2. The minimum atomic E-state index is -0.344. The molecule has 0 heterocycles. The Labute approximate surface area is 117 Å². The normalized spacial score (nSPS) is 12.2. The highest BCUT2D eigenvalue weighted by Gasteiger charge is 2.10. The fourth-order valence-corrected chi connectivity index (χ4v) is 1.92. The molecule has 0 saturated heterocycles. The van der Waals surface area contributed by atoms with Crippen molar-refractivity contribution < 1.29 is 13.5 Å². The molecule has 0 aliphatic heterocycles. The number of rotatable bonds is 4. The molecule has 2 rings (SSSR count). The van der Waals surface area contributed by atoms with Crippen molar-refractivity contribution in [3.63, 3.8) is 0 Å². The molecular formula is C16H17F2NO. The van der Waals surface area contributed by atoms with Crippen LogP contribution in [-0.2, 0) is 6.42 Å². The van der Waals surface area contributed by atoms with E-state index < -0.39 is 0 Å². The van der Waals surface area contributed by atoms with E-state index in [4.69, 9.17) is 10.5 Å². The van der Waals surface area contributed by atoms with Crippen molar-refractivity contribution in [2.75, 3.05) is 0 Å². The number of halogens is 2. The summed E-state index contributed by atoms with van der Waals surface area (Å²) in [5, 5.41) is 0. The van der Waals surface area contributed by atoms with Crippen LogP contribution in [0.2, 0.25) is 0 Å². The topological polar surface area (TPSA) is 35.2 Å². The van der Waals surface area contributed by atoms with Crippen LogP contribution >= 0.6 is 0 Å². The van der Waals surface area contributed by atoms with E-state index in [2.05, 4.69) is 0 Å². The Balaban J connectivity index is 2.30. The second kappa shape index (κ2) is 6.01. The molecule has 0 aliphatic rings. The molecule has 1 unspecified atom stereocenters. The van der Waals surface area contributed by atoms with E-state index in [0.717, 1.165) is 0 Å². The van der Waals surface area contributed by atoms with Crippen LogP contribution in [0.1, 0.15) is 18.1 Å². The fourth-order valence-electron chi connectivity index (χ4n) is 1.92. The van der Waals surface area contributed by atoms with Crippen LogP contribution in [0.5, 0.6) is 11.5 Å². The molecule has 0 aromatic heterocycles. The summed E-state index contributed by atoms with van der Waals surface area (Å²) >= 11 is 0. The summed E-state index contributed by atoms with van der Waals surface area (Å²) in [5.74, 6) is 0.194. The smallest absolute Gasteiger partial charge is 0.130 e. The molecule has 0 saturated carbocycles. The third-order valence-corrected chi connectivity index (χ3v) is 2.94. The van der Waals surface area contributed by atoms with Gasteiger partial charge in [-0.1, -0.05) is 6.07 Å². The number of hydrogen-bond donors (Lipinski definition) is 1. The highest BCUT2D eigenvalue weighted by molar-refractivity contribution is 5.39. The Morgan fingerprint density at radius 2 is 1.90 bits per heavy atom. The average Bonchev–Trinajstić information content (AvgIpc) is 2.36. The van der Waals surface area contributed by atoms with Crippen molar-refractivity contribution in [1.29, 1.82) is 0 Å². The van der Waals surface area contributed by atoms with Crippen LogP contribution in [0, 0.1) is 18.6 Å². The first-order chi connectivity index (χ1) is 9.45. The Bertz CT molecular complexity index is 611. The lowest BCUT2D eigenvalue weighted by atomic mass is 10.1. The zero-order valence-electron chi connectivity index (χ0n) is 11.5. The Kier molecular flexibility index (Phi) is 4.35. The van der Waals surface area contributed by atoms with Gasteiger partial charge in [-0.3, -0.25) is 0 Å². The zero-order chi connectivity index (χ0) is 14.7. The fraction of sp³-hybridized carbons (Fsp3) is 0.250. The van der Waals surface area contributed by atoms with Crippen molar-refractivity contribution in [3.8, 4) is 11.5 Å². The van der Waals surface area contributed by atoms with Crippen molar-refractivity contribution >= 4 is 0 Å². The van der Waals surface area contributed by atoms with Gasteiger partial charge in [-0.2, -0.15) is 0 Å². The van der Waals surface area contributed by atoms with Gasteiger partial charge in [0.15, 0.2) is 0 Å². The summed E-state index contributed by atoms with van der Waals surface area (Å²) < 4.78 is 32.4. The summed E-state index contributed by atoms with van der Waals surface area (Å²) in [5.41, 5.74) is 6.96. The van der Waals surface area contributed by atoms with E-state index in [-0.39, 0.29) is 17.7 Å². The van der Waals surface area contributed by atoms with Gasteiger partial charge in [0.1, 0.15) is 23.1 Å². The quantitative estimate of drug-likeness (QED) is 0.918. The summed E-state index contributed by atoms with van der Waals surface area (Å²) in [6.07, 6.45) is 0.488. The first kappa shape index (κ1) is 14.5. The predicted molar refractivity (Wildman–Crippen MR) is 75.0 cm³/mol. The molecule has 2 N–H and O–H groups in total. The van der Waals surface area contributed by atoms with Crippen molar-refractivity contribution in [1.82, 2.24) is 0 Å². The van der Waals surface area contributed by atoms with Crippen LogP contribution in [0.3, 0.4) is 0 Å². The van der Waals surface area contributed by atoms with Gasteiger partial charge in [-0.05, 0) is 55.7 Å². The maximum atomic E-state index is 13.5. The molecular weight excluding hydrogens is 260 g/mol. The molecule has 4 heteroatoms. The summed E-state index contributed by atoms with van der Waals surface area (Å²) in [7, 11) is 0. The summed E-state index contributed by atoms with van der Waals surface area (Å²) in [6.45, 7) is 3.51. The lowest BCUT2D eigenvalue weighted by Gasteiger charge is -2.13. The van der Waals surface area contributed by atoms with Crippen LogP contribution in [0.15, 0.2) is 36.4 Å². The highest BCUT2D eigenvalue weighted by Crippen LogP contribution is 2.28. The van der Waals surface area contributed by atoms with Gasteiger partial charge in [-0.15, -0.1) is 0 Å². The van der Waals surface area contributed by atoms with E-state index in [1.165, 1.54) is 24.3 Å². The Hall–Kier alpha value is -1.94. The molecule has 0 amide bonds. The minimum Gasteiger partial charge on any atom is -0.457 e. The summed E-state index contributed by atoms with van der Waals surface area (Å²) in [6, 6.07) is 8.75. The van der Waals surface area contributed by atoms with Crippen LogP contribution < -0.4 is 10.5 Å². The molecule has 1 atom stereocenters. The van der Waals surface area contributed by atoms with Crippen molar-refractivity contribution in [3.05, 3.63) is 59.2 Å². The largest absolute Gasteiger partial charge is 0.457 e. The van der Waals surface area contributed by atoms with Gasteiger partial charge in [0.05, 0.1) is 0 Å². The molecule has 0 radical (unpaired) electrons. The molecule has 20 heavy (non-hydrogen) atoms. The van der Waals surface area contributed by atoms with Crippen LogP contribution in [-0.4, -0.2) is 6.04 Å². The monoisotopic (exact) mass is 277 g/mol. The lowest BCUT2D eigenvalue weighted by Crippen LogP contribution is -2.18. The number of hydrogen-bond acceptors (Lipinski definition) is 2. The van der Waals surface area contributed by atoms with Gasteiger partial charge in [-0.25, -0.2) is 8.78 Å². The lowest BCUT2D eigenvalue weighted by molar-refractivity contribution is 0.465. The van der Waals surface area contributed by atoms with E-state index in [0.29, 0.717) is 29.0 Å². The van der Waals surface area contributed by atoms with Crippen LogP contribution in [0.4, 0.5) is 8.78 Å². The van der Waals surface area contributed by atoms with Gasteiger partial charge in [0.25, 0.3) is 0 Å². The second-order valence-corrected chi connectivity index (χ2v) is 4.95. The summed E-state index contributed by atoms with van der Waals surface area (Å²) in [4.78, 5) is 0. The molecule has 0 bridgehead atoms. The minimum absolute atomic E-state index is 0.117. The van der Waals surface area contributed by atoms with Crippen molar-refractivity contribution in [2.45, 2.75) is 26.3 Å². The third kappa shape index (κ3) is 3.54. The number of ether oxygens (including phenoxy) is 1. The van der Waals surface area contributed by atoms with E-state index in [9.17, 15) is 8.78 Å². The number of aryl methyl sites for hydroxylation is 1. The molecule has 0 spiro atoms. The zero-order valence-corrected chi connectivity index (χ0v) is 11.5. The average molecular weight is 277 g/mol. The molecule has 2 aromatic carbocycles. The maximum absolute atomic E-state index is 13.5. The van der Waals surface area contributed by atoms with Crippen LogP contribution in [0.25, 0.3) is 0 Å². The van der Waals surface area contributed by atoms with E-state index in [1.54, 1.807) is 19.1 Å². The molecule has 106 valence electrons. The molecule has 2 aromatic rings.